The smallest absolute Gasteiger partial charge is 0.257 e. The summed E-state index contributed by atoms with van der Waals surface area (Å²) in [7, 11) is 3.34. The number of ether oxygens (including phenoxy) is 1. The third-order valence-electron chi connectivity index (χ3n) is 5.19. The van der Waals surface area contributed by atoms with Gasteiger partial charge < -0.3 is 19.5 Å². The standard InChI is InChI=1S/C21H23FN4O2.ClH/c1-25-11-8-15-19(25)16(21(27)26-9-4-3-5-10-26)13-23-20(15)24-14-6-7-18(28-2)17(22)12-14;/h6-8,11-13H,3-5,9-10H2,1-2H3,(H,23,24);1H. The Morgan fingerprint density at radius 3 is 2.66 bits per heavy atom. The number of anilines is 2. The van der Waals surface area contributed by atoms with E-state index in [0.717, 1.165) is 36.8 Å². The fourth-order valence-corrected chi connectivity index (χ4v) is 3.72. The number of halogens is 2. The number of nitrogens with one attached hydrogen (secondary N) is 1. The fourth-order valence-electron chi connectivity index (χ4n) is 3.72. The van der Waals surface area contributed by atoms with Gasteiger partial charge in [0, 0.05) is 49.7 Å². The minimum atomic E-state index is -0.450. The summed E-state index contributed by atoms with van der Waals surface area (Å²) in [5.41, 5.74) is 1.98. The molecular weight excluding hydrogens is 395 g/mol. The minimum absolute atomic E-state index is 0. The van der Waals surface area contributed by atoms with Crippen LogP contribution in [0.2, 0.25) is 0 Å². The SMILES string of the molecule is COc1ccc(Nc2ncc(C(=O)N3CCCCC3)c3c2ccn3C)cc1F.Cl. The first-order valence-corrected chi connectivity index (χ1v) is 9.42. The minimum Gasteiger partial charge on any atom is -0.494 e. The van der Waals surface area contributed by atoms with Crippen molar-refractivity contribution in [2.45, 2.75) is 19.3 Å². The molecule has 0 saturated carbocycles. The lowest BCUT2D eigenvalue weighted by Gasteiger charge is -2.27. The Labute approximate surface area is 175 Å². The second kappa shape index (κ2) is 8.69. The Kier molecular flexibility index (Phi) is 6.27. The normalized spacial score (nSPS) is 13.8. The van der Waals surface area contributed by atoms with Crippen LogP contribution in [0.5, 0.6) is 5.75 Å². The quantitative estimate of drug-likeness (QED) is 0.677. The van der Waals surface area contributed by atoms with Gasteiger partial charge in [0.2, 0.25) is 0 Å². The van der Waals surface area contributed by atoms with Crippen LogP contribution in [0.3, 0.4) is 0 Å². The number of rotatable bonds is 4. The van der Waals surface area contributed by atoms with Crippen LogP contribution in [-0.4, -0.2) is 40.6 Å². The van der Waals surface area contributed by atoms with Crippen molar-refractivity contribution in [2.24, 2.45) is 7.05 Å². The second-order valence-corrected chi connectivity index (χ2v) is 7.04. The molecule has 0 radical (unpaired) electrons. The molecule has 3 heterocycles. The lowest BCUT2D eigenvalue weighted by Crippen LogP contribution is -2.35. The molecular formula is C21H24ClFN4O2. The predicted octanol–water partition coefficient (Wildman–Crippen LogP) is 4.51. The highest BCUT2D eigenvalue weighted by atomic mass is 35.5. The number of hydrogen-bond donors (Lipinski definition) is 1. The maximum atomic E-state index is 14.0. The van der Waals surface area contributed by atoms with Crippen molar-refractivity contribution < 1.29 is 13.9 Å². The van der Waals surface area contributed by atoms with Crippen molar-refractivity contribution in [1.82, 2.24) is 14.5 Å². The number of aromatic nitrogens is 2. The zero-order valence-electron chi connectivity index (χ0n) is 16.4. The number of aryl methyl sites for hydroxylation is 1. The highest BCUT2D eigenvalue weighted by Crippen LogP contribution is 2.30. The van der Waals surface area contributed by atoms with Gasteiger partial charge >= 0.3 is 0 Å². The van der Waals surface area contributed by atoms with Crippen LogP contribution in [0.25, 0.3) is 10.9 Å². The average molecular weight is 419 g/mol. The van der Waals surface area contributed by atoms with Crippen molar-refractivity contribution in [3.8, 4) is 5.75 Å². The summed E-state index contributed by atoms with van der Waals surface area (Å²) in [6.45, 7) is 1.58. The van der Waals surface area contributed by atoms with E-state index >= 15 is 0 Å². The molecule has 4 rings (SSSR count). The molecule has 1 saturated heterocycles. The van der Waals surface area contributed by atoms with Crippen molar-refractivity contribution in [3.05, 3.63) is 48.0 Å². The second-order valence-electron chi connectivity index (χ2n) is 7.04. The first kappa shape index (κ1) is 20.9. The summed E-state index contributed by atoms with van der Waals surface area (Å²) in [6, 6.07) is 6.57. The number of hydrogen-bond acceptors (Lipinski definition) is 4. The molecule has 1 N–H and O–H groups in total. The molecule has 1 fully saturated rings. The maximum absolute atomic E-state index is 14.0. The van der Waals surface area contributed by atoms with E-state index in [1.165, 1.54) is 19.6 Å². The van der Waals surface area contributed by atoms with Crippen LogP contribution >= 0.6 is 12.4 Å². The third kappa shape index (κ3) is 4.00. The molecule has 1 aromatic carbocycles. The number of piperidine rings is 1. The Balaban J connectivity index is 0.00000240. The molecule has 1 amide bonds. The summed E-state index contributed by atoms with van der Waals surface area (Å²) < 4.78 is 20.9. The average Bonchev–Trinajstić information content (AvgIpc) is 3.11. The van der Waals surface area contributed by atoms with Gasteiger partial charge in [-0.15, -0.1) is 12.4 Å². The Morgan fingerprint density at radius 2 is 1.97 bits per heavy atom. The number of carbonyl (C=O) groups is 1. The number of fused-ring (bicyclic) bond motifs is 1. The first-order chi connectivity index (χ1) is 13.6. The van der Waals surface area contributed by atoms with Crippen LogP contribution in [0.1, 0.15) is 29.6 Å². The molecule has 6 nitrogen and oxygen atoms in total. The van der Waals surface area contributed by atoms with Gasteiger partial charge in [-0.2, -0.15) is 0 Å². The summed E-state index contributed by atoms with van der Waals surface area (Å²) in [6.07, 6.45) is 6.76. The van der Waals surface area contributed by atoms with Crippen molar-refractivity contribution in [3.63, 3.8) is 0 Å². The van der Waals surface area contributed by atoms with Gasteiger partial charge in [0.25, 0.3) is 5.91 Å². The van der Waals surface area contributed by atoms with Crippen molar-refractivity contribution in [1.29, 1.82) is 0 Å². The van der Waals surface area contributed by atoms with Gasteiger partial charge in [0.15, 0.2) is 11.6 Å². The monoisotopic (exact) mass is 418 g/mol. The zero-order chi connectivity index (χ0) is 19.7. The number of likely N-dealkylation sites (tertiary alicyclic amines) is 1. The van der Waals surface area contributed by atoms with Crippen LogP contribution in [-0.2, 0) is 7.05 Å². The third-order valence-corrected chi connectivity index (χ3v) is 5.19. The topological polar surface area (TPSA) is 59.4 Å². The Morgan fingerprint density at radius 1 is 1.21 bits per heavy atom. The highest BCUT2D eigenvalue weighted by molar-refractivity contribution is 6.08. The molecule has 1 aliphatic heterocycles. The van der Waals surface area contributed by atoms with Gasteiger partial charge in [0.1, 0.15) is 5.82 Å². The lowest BCUT2D eigenvalue weighted by atomic mass is 10.1. The highest BCUT2D eigenvalue weighted by Gasteiger charge is 2.23. The van der Waals surface area contributed by atoms with E-state index in [0.29, 0.717) is 17.1 Å². The molecule has 29 heavy (non-hydrogen) atoms. The molecule has 8 heteroatoms. The van der Waals surface area contributed by atoms with Crippen molar-refractivity contribution in [2.75, 3.05) is 25.5 Å². The van der Waals surface area contributed by atoms with Gasteiger partial charge in [-0.25, -0.2) is 9.37 Å². The number of carbonyl (C=O) groups excluding carboxylic acids is 1. The number of pyridine rings is 1. The van der Waals surface area contributed by atoms with Gasteiger partial charge in [-0.1, -0.05) is 0 Å². The van der Waals surface area contributed by atoms with E-state index in [-0.39, 0.29) is 24.1 Å². The van der Waals surface area contributed by atoms with E-state index in [4.69, 9.17) is 4.74 Å². The van der Waals surface area contributed by atoms with Crippen LogP contribution < -0.4 is 10.1 Å². The van der Waals surface area contributed by atoms with E-state index < -0.39 is 5.82 Å². The lowest BCUT2D eigenvalue weighted by molar-refractivity contribution is 0.0725. The molecule has 3 aromatic rings. The predicted molar refractivity (Wildman–Crippen MR) is 114 cm³/mol. The van der Waals surface area contributed by atoms with Gasteiger partial charge in [-0.05, 0) is 37.5 Å². The number of nitrogens with zero attached hydrogens (tertiary/aromatic N) is 3. The summed E-state index contributed by atoms with van der Waals surface area (Å²) >= 11 is 0. The van der Waals surface area contributed by atoms with Crippen LogP contribution in [0, 0.1) is 5.82 Å². The van der Waals surface area contributed by atoms with E-state index in [9.17, 15) is 9.18 Å². The summed E-state index contributed by atoms with van der Waals surface area (Å²) in [5.74, 6) is 0.330. The largest absolute Gasteiger partial charge is 0.494 e. The van der Waals surface area contributed by atoms with Crippen molar-refractivity contribution >= 4 is 40.7 Å². The number of benzene rings is 1. The molecule has 0 aliphatic carbocycles. The summed E-state index contributed by atoms with van der Waals surface area (Å²) in [4.78, 5) is 19.4. The zero-order valence-corrected chi connectivity index (χ0v) is 17.3. The van der Waals surface area contributed by atoms with Gasteiger partial charge in [0.05, 0.1) is 18.2 Å². The molecule has 2 aromatic heterocycles. The molecule has 1 aliphatic rings. The Hall–Kier alpha value is -2.80. The number of methoxy groups -OCH3 is 1. The van der Waals surface area contributed by atoms with Crippen LogP contribution in [0.4, 0.5) is 15.9 Å². The van der Waals surface area contributed by atoms with Crippen LogP contribution in [0.15, 0.2) is 36.7 Å². The molecule has 0 bridgehead atoms. The Bertz CT molecular complexity index is 1030. The molecule has 0 unspecified atom stereocenters. The molecule has 154 valence electrons. The van der Waals surface area contributed by atoms with E-state index in [1.54, 1.807) is 18.3 Å². The molecule has 0 atom stereocenters. The first-order valence-electron chi connectivity index (χ1n) is 9.42. The number of amides is 1. The van der Waals surface area contributed by atoms with Gasteiger partial charge in [-0.3, -0.25) is 4.79 Å². The van der Waals surface area contributed by atoms with E-state index in [2.05, 4.69) is 10.3 Å². The maximum Gasteiger partial charge on any atom is 0.257 e. The van der Waals surface area contributed by atoms with E-state index in [1.807, 2.05) is 28.8 Å². The summed E-state index contributed by atoms with van der Waals surface area (Å²) in [5, 5.41) is 3.97. The molecule has 0 spiro atoms. The fraction of sp³-hybridized carbons (Fsp3) is 0.333.